The van der Waals surface area contributed by atoms with Crippen molar-refractivity contribution in [3.05, 3.63) is 17.7 Å². The van der Waals surface area contributed by atoms with Crippen LogP contribution in [0.4, 0.5) is 0 Å². The largest absolute Gasteiger partial charge is 0.504 e. The first-order valence-electron chi connectivity index (χ1n) is 6.25. The van der Waals surface area contributed by atoms with Crippen LogP contribution in [0.5, 0.6) is 17.2 Å². The monoisotopic (exact) mass is 266 g/mol. The van der Waals surface area contributed by atoms with E-state index in [0.717, 1.165) is 12.8 Å². The first kappa shape index (κ1) is 13.5. The molecular weight excluding hydrogens is 248 g/mol. The van der Waals surface area contributed by atoms with Crippen LogP contribution >= 0.6 is 0 Å². The predicted octanol–water partition coefficient (Wildman–Crippen LogP) is 0.560. The molecule has 6 heteroatoms. The Labute approximate surface area is 111 Å². The van der Waals surface area contributed by atoms with Crippen molar-refractivity contribution < 1.29 is 20.1 Å². The van der Waals surface area contributed by atoms with Crippen LogP contribution in [-0.2, 0) is 11.3 Å². The van der Waals surface area contributed by atoms with Crippen molar-refractivity contribution in [2.75, 3.05) is 0 Å². The summed E-state index contributed by atoms with van der Waals surface area (Å²) >= 11 is 0. The summed E-state index contributed by atoms with van der Waals surface area (Å²) in [5.74, 6) is -1.37. The zero-order valence-electron chi connectivity index (χ0n) is 10.7. The molecule has 1 aliphatic rings. The highest BCUT2D eigenvalue weighted by atomic mass is 16.3. The molecule has 0 spiro atoms. The van der Waals surface area contributed by atoms with Crippen molar-refractivity contribution in [3.63, 3.8) is 0 Å². The van der Waals surface area contributed by atoms with Crippen molar-refractivity contribution in [2.45, 2.75) is 38.4 Å². The molecule has 1 aromatic rings. The SMILES string of the molecule is CC(NCc1ccc(O)c(O)c1O)C(=O)NC1CC1. The maximum Gasteiger partial charge on any atom is 0.237 e. The number of phenols is 3. The van der Waals surface area contributed by atoms with E-state index in [9.17, 15) is 20.1 Å². The van der Waals surface area contributed by atoms with Crippen molar-refractivity contribution in [3.8, 4) is 17.2 Å². The van der Waals surface area contributed by atoms with Gasteiger partial charge in [-0.05, 0) is 25.8 Å². The number of phenolic OH excluding ortho intramolecular Hbond substituents is 3. The summed E-state index contributed by atoms with van der Waals surface area (Å²) in [6, 6.07) is 2.70. The van der Waals surface area contributed by atoms with Crippen molar-refractivity contribution in [1.29, 1.82) is 0 Å². The Balaban J connectivity index is 1.90. The molecule has 1 fully saturated rings. The minimum Gasteiger partial charge on any atom is -0.504 e. The number of benzene rings is 1. The van der Waals surface area contributed by atoms with Gasteiger partial charge in [0, 0.05) is 18.2 Å². The van der Waals surface area contributed by atoms with Gasteiger partial charge in [0.25, 0.3) is 0 Å². The molecule has 104 valence electrons. The van der Waals surface area contributed by atoms with E-state index in [1.807, 2.05) is 0 Å². The molecule has 1 aromatic carbocycles. The van der Waals surface area contributed by atoms with Crippen molar-refractivity contribution in [1.82, 2.24) is 10.6 Å². The Bertz CT molecular complexity index is 486. The lowest BCUT2D eigenvalue weighted by Gasteiger charge is -2.14. The molecule has 0 bridgehead atoms. The summed E-state index contributed by atoms with van der Waals surface area (Å²) in [6.45, 7) is 1.95. The van der Waals surface area contributed by atoms with Crippen LogP contribution < -0.4 is 10.6 Å². The molecule has 6 nitrogen and oxygen atoms in total. The van der Waals surface area contributed by atoms with Crippen molar-refractivity contribution >= 4 is 5.91 Å². The van der Waals surface area contributed by atoms with Crippen LogP contribution in [0, 0.1) is 0 Å². The van der Waals surface area contributed by atoms with Gasteiger partial charge in [0.2, 0.25) is 11.7 Å². The van der Waals surface area contributed by atoms with Gasteiger partial charge in [0.1, 0.15) is 0 Å². The van der Waals surface area contributed by atoms with E-state index in [1.165, 1.54) is 12.1 Å². The number of nitrogens with one attached hydrogen (secondary N) is 2. The molecule has 0 saturated heterocycles. The molecule has 5 N–H and O–H groups in total. The summed E-state index contributed by atoms with van der Waals surface area (Å²) in [4.78, 5) is 11.7. The number of aromatic hydroxyl groups is 3. The molecule has 1 unspecified atom stereocenters. The fraction of sp³-hybridized carbons (Fsp3) is 0.462. The van der Waals surface area contributed by atoms with Gasteiger partial charge in [-0.25, -0.2) is 0 Å². The fourth-order valence-electron chi connectivity index (χ4n) is 1.66. The number of amides is 1. The molecule has 1 aliphatic carbocycles. The van der Waals surface area contributed by atoms with Gasteiger partial charge in [-0.15, -0.1) is 0 Å². The lowest BCUT2D eigenvalue weighted by Crippen LogP contribution is -2.42. The lowest BCUT2D eigenvalue weighted by atomic mass is 10.1. The molecular formula is C13H18N2O4. The Morgan fingerprint density at radius 2 is 2.00 bits per heavy atom. The Morgan fingerprint density at radius 1 is 1.32 bits per heavy atom. The minimum atomic E-state index is -0.547. The van der Waals surface area contributed by atoms with E-state index in [4.69, 9.17) is 0 Å². The van der Waals surface area contributed by atoms with Crippen LogP contribution in [0.2, 0.25) is 0 Å². The summed E-state index contributed by atoms with van der Waals surface area (Å²) in [5, 5.41) is 34.0. The van der Waals surface area contributed by atoms with E-state index in [-0.39, 0.29) is 24.0 Å². The Morgan fingerprint density at radius 3 is 2.63 bits per heavy atom. The molecule has 1 amide bonds. The highest BCUT2D eigenvalue weighted by Gasteiger charge is 2.25. The van der Waals surface area contributed by atoms with Gasteiger partial charge in [-0.1, -0.05) is 6.07 Å². The molecule has 0 radical (unpaired) electrons. The zero-order chi connectivity index (χ0) is 14.0. The quantitative estimate of drug-likeness (QED) is 0.501. The van der Waals surface area contributed by atoms with Crippen LogP contribution in [0.3, 0.4) is 0 Å². The minimum absolute atomic E-state index is 0.0787. The van der Waals surface area contributed by atoms with Crippen LogP contribution in [0.15, 0.2) is 12.1 Å². The number of carbonyl (C=O) groups is 1. The van der Waals surface area contributed by atoms with E-state index in [1.54, 1.807) is 6.92 Å². The van der Waals surface area contributed by atoms with E-state index in [2.05, 4.69) is 10.6 Å². The first-order chi connectivity index (χ1) is 8.99. The summed E-state index contributed by atoms with van der Waals surface area (Å²) < 4.78 is 0. The molecule has 0 aliphatic heterocycles. The second-order valence-corrected chi connectivity index (χ2v) is 4.83. The number of carbonyl (C=O) groups excluding carboxylic acids is 1. The topological polar surface area (TPSA) is 102 Å². The van der Waals surface area contributed by atoms with Crippen molar-refractivity contribution in [2.24, 2.45) is 0 Å². The van der Waals surface area contributed by atoms with Crippen LogP contribution in [0.25, 0.3) is 0 Å². The van der Waals surface area contributed by atoms with E-state index in [0.29, 0.717) is 11.6 Å². The molecule has 2 rings (SSSR count). The molecule has 0 heterocycles. The van der Waals surface area contributed by atoms with Crippen LogP contribution in [-0.4, -0.2) is 33.3 Å². The molecule has 19 heavy (non-hydrogen) atoms. The summed E-state index contributed by atoms with van der Waals surface area (Å²) in [6.07, 6.45) is 2.07. The third-order valence-electron chi connectivity index (χ3n) is 3.13. The average molecular weight is 266 g/mol. The summed E-state index contributed by atoms with van der Waals surface area (Å²) in [5.41, 5.74) is 0.418. The van der Waals surface area contributed by atoms with Gasteiger partial charge in [-0.2, -0.15) is 0 Å². The third kappa shape index (κ3) is 3.29. The van der Waals surface area contributed by atoms with Gasteiger partial charge >= 0.3 is 0 Å². The standard InChI is InChI=1S/C13H18N2O4/c1-7(13(19)15-9-3-4-9)14-6-8-2-5-10(16)12(18)11(8)17/h2,5,7,9,14,16-18H,3-4,6H2,1H3,(H,15,19). The maximum atomic E-state index is 11.7. The van der Waals surface area contributed by atoms with E-state index < -0.39 is 11.8 Å². The molecule has 0 aromatic heterocycles. The maximum absolute atomic E-state index is 11.7. The Kier molecular flexibility index (Phi) is 3.80. The summed E-state index contributed by atoms with van der Waals surface area (Å²) in [7, 11) is 0. The molecule has 1 saturated carbocycles. The highest BCUT2D eigenvalue weighted by molar-refractivity contribution is 5.81. The van der Waals surface area contributed by atoms with Gasteiger partial charge in [0.05, 0.1) is 6.04 Å². The normalized spacial score (nSPS) is 16.1. The second kappa shape index (κ2) is 5.36. The lowest BCUT2D eigenvalue weighted by molar-refractivity contribution is -0.122. The number of rotatable bonds is 5. The Hall–Kier alpha value is -1.95. The average Bonchev–Trinajstić information content (AvgIpc) is 3.18. The van der Waals surface area contributed by atoms with Gasteiger partial charge in [0.15, 0.2) is 11.5 Å². The van der Waals surface area contributed by atoms with Gasteiger partial charge < -0.3 is 26.0 Å². The van der Waals surface area contributed by atoms with Crippen LogP contribution in [0.1, 0.15) is 25.3 Å². The second-order valence-electron chi connectivity index (χ2n) is 4.83. The smallest absolute Gasteiger partial charge is 0.237 e. The first-order valence-corrected chi connectivity index (χ1v) is 6.25. The highest BCUT2D eigenvalue weighted by Crippen LogP contribution is 2.36. The fourth-order valence-corrected chi connectivity index (χ4v) is 1.66. The number of hydrogen-bond donors (Lipinski definition) is 5. The number of hydrogen-bond acceptors (Lipinski definition) is 5. The zero-order valence-corrected chi connectivity index (χ0v) is 10.7. The van der Waals surface area contributed by atoms with E-state index >= 15 is 0 Å². The predicted molar refractivity (Wildman–Crippen MR) is 68.9 cm³/mol. The van der Waals surface area contributed by atoms with Gasteiger partial charge in [-0.3, -0.25) is 4.79 Å². The molecule has 1 atom stereocenters. The third-order valence-corrected chi connectivity index (χ3v) is 3.13.